The average molecular weight is 438 g/mol. The van der Waals surface area contributed by atoms with Gasteiger partial charge in [-0.15, -0.1) is 0 Å². The molecule has 2 rings (SSSR count). The van der Waals surface area contributed by atoms with E-state index in [2.05, 4.69) is 36.2 Å². The van der Waals surface area contributed by atoms with Crippen molar-refractivity contribution >= 4 is 11.9 Å². The molecule has 0 saturated carbocycles. The zero-order valence-electron chi connectivity index (χ0n) is 19.5. The summed E-state index contributed by atoms with van der Waals surface area (Å²) in [6.45, 7) is 5.83. The number of aryl methyl sites for hydroxylation is 1. The molecule has 2 aromatic rings. The highest BCUT2D eigenvalue weighted by Crippen LogP contribution is 2.21. The van der Waals surface area contributed by atoms with Gasteiger partial charge >= 0.3 is 11.9 Å². The van der Waals surface area contributed by atoms with Gasteiger partial charge in [-0.1, -0.05) is 50.3 Å². The number of hydrogen-bond donors (Lipinski definition) is 0. The van der Waals surface area contributed by atoms with Crippen LogP contribution in [0.15, 0.2) is 54.7 Å². The van der Waals surface area contributed by atoms with Crippen LogP contribution >= 0.6 is 0 Å². The third-order valence-electron chi connectivity index (χ3n) is 5.08. The molecule has 0 N–H and O–H groups in total. The van der Waals surface area contributed by atoms with Crippen LogP contribution < -0.4 is 4.74 Å². The molecule has 5 nitrogen and oxygen atoms in total. The third kappa shape index (κ3) is 9.46. The Bertz CT molecular complexity index is 856. The van der Waals surface area contributed by atoms with Crippen LogP contribution in [0.1, 0.15) is 71.3 Å². The van der Waals surface area contributed by atoms with Gasteiger partial charge in [0.25, 0.3) is 0 Å². The standard InChI is InChI=1S/C27H35NO4/c1-4-6-7-8-9-10-11-27(30)32-24-18-19-25(28-20-24)23-16-14-22(15-17-23)13-12-21(3)31-26(29)5-2/h6-7,14-21H,4-5,8-13H2,1-3H3/b7-6+. The van der Waals surface area contributed by atoms with Crippen molar-refractivity contribution in [2.45, 2.75) is 78.2 Å². The average Bonchev–Trinajstić information content (AvgIpc) is 2.81. The Kier molecular flexibility index (Phi) is 11.2. The van der Waals surface area contributed by atoms with E-state index in [4.69, 9.17) is 9.47 Å². The first kappa shape index (κ1) is 25.3. The molecular weight excluding hydrogens is 402 g/mol. The van der Waals surface area contributed by atoms with Crippen LogP contribution in [-0.2, 0) is 20.7 Å². The molecule has 1 aromatic heterocycles. The predicted octanol–water partition coefficient (Wildman–Crippen LogP) is 6.45. The van der Waals surface area contributed by atoms with Gasteiger partial charge in [0.05, 0.1) is 18.0 Å². The van der Waals surface area contributed by atoms with E-state index >= 15 is 0 Å². The Labute approximate surface area is 191 Å². The van der Waals surface area contributed by atoms with Gasteiger partial charge in [-0.05, 0) is 63.1 Å². The number of allylic oxidation sites excluding steroid dienone is 2. The summed E-state index contributed by atoms with van der Waals surface area (Å²) in [5.41, 5.74) is 3.01. The molecule has 172 valence electrons. The van der Waals surface area contributed by atoms with Gasteiger partial charge in [-0.3, -0.25) is 14.6 Å². The van der Waals surface area contributed by atoms with E-state index in [1.165, 1.54) is 5.56 Å². The van der Waals surface area contributed by atoms with Crippen LogP contribution in [0.5, 0.6) is 5.75 Å². The highest BCUT2D eigenvalue weighted by molar-refractivity contribution is 5.72. The molecule has 0 bridgehead atoms. The molecule has 5 heteroatoms. The fourth-order valence-electron chi connectivity index (χ4n) is 3.19. The van der Waals surface area contributed by atoms with E-state index in [0.717, 1.165) is 49.8 Å². The Morgan fingerprint density at radius 3 is 2.44 bits per heavy atom. The van der Waals surface area contributed by atoms with Crippen molar-refractivity contribution in [3.05, 3.63) is 60.3 Å². The van der Waals surface area contributed by atoms with Crippen LogP contribution in [0, 0.1) is 0 Å². The summed E-state index contributed by atoms with van der Waals surface area (Å²) in [6.07, 6.45) is 12.1. The maximum Gasteiger partial charge on any atom is 0.311 e. The first-order valence-electron chi connectivity index (χ1n) is 11.6. The van der Waals surface area contributed by atoms with Crippen molar-refractivity contribution < 1.29 is 19.1 Å². The molecule has 0 saturated heterocycles. The molecule has 0 fully saturated rings. The number of carbonyl (C=O) groups excluding carboxylic acids is 2. The topological polar surface area (TPSA) is 65.5 Å². The summed E-state index contributed by atoms with van der Waals surface area (Å²) in [6, 6.07) is 11.8. The Hall–Kier alpha value is -2.95. The monoisotopic (exact) mass is 437 g/mol. The van der Waals surface area contributed by atoms with Gasteiger partial charge in [0.2, 0.25) is 0 Å². The van der Waals surface area contributed by atoms with Crippen LogP contribution in [0.4, 0.5) is 0 Å². The zero-order valence-corrected chi connectivity index (χ0v) is 19.5. The minimum Gasteiger partial charge on any atom is -0.463 e. The number of carbonyl (C=O) groups is 2. The van der Waals surface area contributed by atoms with E-state index in [9.17, 15) is 9.59 Å². The summed E-state index contributed by atoms with van der Waals surface area (Å²) < 4.78 is 10.7. The van der Waals surface area contributed by atoms with E-state index in [1.807, 2.05) is 25.1 Å². The normalized spacial score (nSPS) is 12.0. The Morgan fingerprint density at radius 2 is 1.78 bits per heavy atom. The molecule has 1 atom stereocenters. The van der Waals surface area contributed by atoms with Crippen LogP contribution in [-0.4, -0.2) is 23.0 Å². The Morgan fingerprint density at radius 1 is 1.00 bits per heavy atom. The van der Waals surface area contributed by atoms with Crippen molar-refractivity contribution in [3.8, 4) is 17.0 Å². The highest BCUT2D eigenvalue weighted by atomic mass is 16.5. The minimum absolute atomic E-state index is 0.0862. The number of rotatable bonds is 13. The molecule has 0 amide bonds. The number of nitrogens with zero attached hydrogens (tertiary/aromatic N) is 1. The van der Waals surface area contributed by atoms with Gasteiger partial charge in [-0.25, -0.2) is 0 Å². The van der Waals surface area contributed by atoms with E-state index < -0.39 is 0 Å². The van der Waals surface area contributed by atoms with E-state index in [0.29, 0.717) is 18.6 Å². The molecule has 0 aliphatic carbocycles. The summed E-state index contributed by atoms with van der Waals surface area (Å²) in [7, 11) is 0. The fourth-order valence-corrected chi connectivity index (χ4v) is 3.19. The van der Waals surface area contributed by atoms with E-state index in [1.54, 1.807) is 19.2 Å². The number of unbranched alkanes of at least 4 members (excludes halogenated alkanes) is 2. The summed E-state index contributed by atoms with van der Waals surface area (Å²) in [4.78, 5) is 27.8. The molecule has 0 aliphatic heterocycles. The van der Waals surface area contributed by atoms with Gasteiger partial charge in [0.1, 0.15) is 5.75 Å². The van der Waals surface area contributed by atoms with Gasteiger partial charge < -0.3 is 9.47 Å². The van der Waals surface area contributed by atoms with Crippen molar-refractivity contribution in [3.63, 3.8) is 0 Å². The minimum atomic E-state index is -0.220. The molecule has 1 aromatic carbocycles. The molecular formula is C27H35NO4. The number of benzene rings is 1. The van der Waals surface area contributed by atoms with Crippen molar-refractivity contribution in [1.82, 2.24) is 4.98 Å². The lowest BCUT2D eigenvalue weighted by molar-refractivity contribution is -0.148. The van der Waals surface area contributed by atoms with Gasteiger partial charge in [0, 0.05) is 18.4 Å². The SMILES string of the molecule is CC/C=C/CCCCC(=O)Oc1ccc(-c2ccc(CCC(C)OC(=O)CC)cc2)nc1. The van der Waals surface area contributed by atoms with Crippen LogP contribution in [0.3, 0.4) is 0 Å². The van der Waals surface area contributed by atoms with Crippen LogP contribution in [0.25, 0.3) is 11.3 Å². The van der Waals surface area contributed by atoms with Crippen molar-refractivity contribution in [1.29, 1.82) is 0 Å². The molecule has 32 heavy (non-hydrogen) atoms. The zero-order chi connectivity index (χ0) is 23.2. The first-order valence-corrected chi connectivity index (χ1v) is 11.6. The molecule has 1 unspecified atom stereocenters. The number of hydrogen-bond acceptors (Lipinski definition) is 5. The number of pyridine rings is 1. The molecule has 1 heterocycles. The third-order valence-corrected chi connectivity index (χ3v) is 5.08. The summed E-state index contributed by atoms with van der Waals surface area (Å²) in [5, 5.41) is 0. The lowest BCUT2D eigenvalue weighted by Gasteiger charge is -2.12. The van der Waals surface area contributed by atoms with Crippen molar-refractivity contribution in [2.75, 3.05) is 0 Å². The lowest BCUT2D eigenvalue weighted by Crippen LogP contribution is -2.14. The number of ether oxygens (including phenoxy) is 2. The maximum atomic E-state index is 12.0. The number of esters is 2. The molecule has 0 radical (unpaired) electrons. The molecule has 0 spiro atoms. The van der Waals surface area contributed by atoms with Crippen LogP contribution in [0.2, 0.25) is 0 Å². The fraction of sp³-hybridized carbons (Fsp3) is 0.444. The Balaban J connectivity index is 1.79. The largest absolute Gasteiger partial charge is 0.463 e. The predicted molar refractivity (Wildman–Crippen MR) is 127 cm³/mol. The van der Waals surface area contributed by atoms with Gasteiger partial charge in [0.15, 0.2) is 0 Å². The summed E-state index contributed by atoms with van der Waals surface area (Å²) >= 11 is 0. The second-order valence-electron chi connectivity index (χ2n) is 7.87. The second kappa shape index (κ2) is 14.2. The molecule has 0 aliphatic rings. The quantitative estimate of drug-likeness (QED) is 0.204. The highest BCUT2D eigenvalue weighted by Gasteiger charge is 2.09. The van der Waals surface area contributed by atoms with Gasteiger partial charge in [-0.2, -0.15) is 0 Å². The lowest BCUT2D eigenvalue weighted by atomic mass is 10.0. The summed E-state index contributed by atoms with van der Waals surface area (Å²) in [5.74, 6) is 0.0898. The van der Waals surface area contributed by atoms with Crippen molar-refractivity contribution in [2.24, 2.45) is 0 Å². The maximum absolute atomic E-state index is 12.0. The number of aromatic nitrogens is 1. The second-order valence-corrected chi connectivity index (χ2v) is 7.87. The smallest absolute Gasteiger partial charge is 0.311 e. The first-order chi connectivity index (χ1) is 15.5. The van der Waals surface area contributed by atoms with E-state index in [-0.39, 0.29) is 18.0 Å².